The summed E-state index contributed by atoms with van der Waals surface area (Å²) in [6, 6.07) is 13.9. The minimum atomic E-state index is -0.0443. The number of furan rings is 1. The van der Waals surface area contributed by atoms with Crippen LogP contribution in [0.4, 0.5) is 0 Å². The molecule has 0 saturated carbocycles. The highest BCUT2D eigenvalue weighted by Crippen LogP contribution is 2.30. The van der Waals surface area contributed by atoms with Gasteiger partial charge in [0.15, 0.2) is 5.76 Å². The lowest BCUT2D eigenvalue weighted by atomic mass is 9.99. The molecular weight excluding hydrogens is 302 g/mol. The van der Waals surface area contributed by atoms with Crippen LogP contribution < -0.4 is 4.74 Å². The highest BCUT2D eigenvalue weighted by molar-refractivity contribution is 5.99. The Bertz CT molecular complexity index is 926. The van der Waals surface area contributed by atoms with Crippen molar-refractivity contribution in [2.45, 2.75) is 19.9 Å². The highest BCUT2D eigenvalue weighted by Gasteiger charge is 2.26. The number of benzene rings is 2. The summed E-state index contributed by atoms with van der Waals surface area (Å²) in [5.41, 5.74) is 4.13. The molecule has 0 radical (unpaired) electrons. The molecule has 1 aliphatic rings. The average Bonchev–Trinajstić information content (AvgIpc) is 2.96. The smallest absolute Gasteiger partial charge is 0.290 e. The van der Waals surface area contributed by atoms with E-state index in [9.17, 15) is 4.79 Å². The van der Waals surface area contributed by atoms with Crippen LogP contribution in [0.1, 0.15) is 27.2 Å². The number of rotatable bonds is 2. The predicted molar refractivity (Wildman–Crippen MR) is 92.4 cm³/mol. The van der Waals surface area contributed by atoms with Crippen molar-refractivity contribution in [3.63, 3.8) is 0 Å². The Labute approximate surface area is 140 Å². The van der Waals surface area contributed by atoms with Gasteiger partial charge >= 0.3 is 0 Å². The maximum atomic E-state index is 13.0. The Hall–Kier alpha value is -2.75. The van der Waals surface area contributed by atoms with Gasteiger partial charge in [-0.3, -0.25) is 4.79 Å². The lowest BCUT2D eigenvalue weighted by Crippen LogP contribution is -2.36. The van der Waals surface area contributed by atoms with Crippen LogP contribution in [0.3, 0.4) is 0 Å². The first-order chi connectivity index (χ1) is 11.7. The number of nitrogens with zero attached hydrogens (tertiary/aromatic N) is 1. The number of aryl methyl sites for hydroxylation is 1. The van der Waals surface area contributed by atoms with Crippen LogP contribution in [0.15, 0.2) is 46.9 Å². The Morgan fingerprint density at radius 2 is 1.96 bits per heavy atom. The van der Waals surface area contributed by atoms with Crippen molar-refractivity contribution in [3.8, 4) is 5.75 Å². The summed E-state index contributed by atoms with van der Waals surface area (Å²) in [7, 11) is 1.63. The van der Waals surface area contributed by atoms with Crippen molar-refractivity contribution in [2.24, 2.45) is 0 Å². The second-order valence-corrected chi connectivity index (χ2v) is 6.16. The van der Waals surface area contributed by atoms with Gasteiger partial charge in [0.05, 0.1) is 7.11 Å². The minimum absolute atomic E-state index is 0.0443. The van der Waals surface area contributed by atoms with Gasteiger partial charge in [-0.15, -0.1) is 0 Å². The molecule has 0 bridgehead atoms. The van der Waals surface area contributed by atoms with E-state index in [-0.39, 0.29) is 5.91 Å². The second kappa shape index (κ2) is 5.71. The molecule has 0 unspecified atom stereocenters. The van der Waals surface area contributed by atoms with E-state index in [1.165, 1.54) is 11.1 Å². The molecule has 1 amide bonds. The van der Waals surface area contributed by atoms with Crippen molar-refractivity contribution >= 4 is 16.9 Å². The fourth-order valence-corrected chi connectivity index (χ4v) is 3.34. The third kappa shape index (κ3) is 2.35. The number of methoxy groups -OCH3 is 1. The van der Waals surface area contributed by atoms with E-state index in [0.717, 1.165) is 29.7 Å². The number of fused-ring (bicyclic) bond motifs is 2. The largest absolute Gasteiger partial charge is 0.497 e. The van der Waals surface area contributed by atoms with E-state index in [2.05, 4.69) is 12.1 Å². The molecule has 0 aliphatic carbocycles. The minimum Gasteiger partial charge on any atom is -0.497 e. The molecule has 4 nitrogen and oxygen atoms in total. The molecule has 3 aromatic rings. The lowest BCUT2D eigenvalue weighted by molar-refractivity contribution is 0.0704. The van der Waals surface area contributed by atoms with Crippen LogP contribution in [-0.4, -0.2) is 24.5 Å². The number of hydrogen-bond donors (Lipinski definition) is 0. The molecule has 2 aromatic carbocycles. The summed E-state index contributed by atoms with van der Waals surface area (Å²) >= 11 is 0. The summed E-state index contributed by atoms with van der Waals surface area (Å²) in [5.74, 6) is 1.15. The third-order valence-corrected chi connectivity index (χ3v) is 4.76. The lowest BCUT2D eigenvalue weighted by Gasteiger charge is -2.28. The van der Waals surface area contributed by atoms with E-state index >= 15 is 0 Å². The molecule has 122 valence electrons. The van der Waals surface area contributed by atoms with Crippen LogP contribution in [-0.2, 0) is 13.0 Å². The van der Waals surface area contributed by atoms with E-state index < -0.39 is 0 Å². The number of hydrogen-bond acceptors (Lipinski definition) is 3. The Balaban J connectivity index is 1.68. The van der Waals surface area contributed by atoms with Crippen LogP contribution in [0, 0.1) is 6.92 Å². The molecule has 0 N–H and O–H groups in total. The maximum absolute atomic E-state index is 13.0. The molecule has 24 heavy (non-hydrogen) atoms. The Kier molecular flexibility index (Phi) is 3.53. The molecule has 0 atom stereocenters. The van der Waals surface area contributed by atoms with Gasteiger partial charge < -0.3 is 14.1 Å². The normalized spacial score (nSPS) is 13.8. The summed E-state index contributed by atoms with van der Waals surface area (Å²) in [5, 5.41) is 0.926. The van der Waals surface area contributed by atoms with Gasteiger partial charge in [0, 0.05) is 24.0 Å². The quantitative estimate of drug-likeness (QED) is 0.718. The molecule has 4 rings (SSSR count). The third-order valence-electron chi connectivity index (χ3n) is 4.76. The van der Waals surface area contributed by atoms with Crippen molar-refractivity contribution in [1.82, 2.24) is 4.90 Å². The number of ether oxygens (including phenoxy) is 1. The zero-order chi connectivity index (χ0) is 16.7. The molecule has 0 saturated heterocycles. The van der Waals surface area contributed by atoms with Gasteiger partial charge in [-0.1, -0.05) is 24.3 Å². The van der Waals surface area contributed by atoms with E-state index in [4.69, 9.17) is 9.15 Å². The summed E-state index contributed by atoms with van der Waals surface area (Å²) < 4.78 is 11.1. The predicted octanol–water partition coefficient (Wildman–Crippen LogP) is 3.95. The summed E-state index contributed by atoms with van der Waals surface area (Å²) in [6.45, 7) is 3.28. The van der Waals surface area contributed by atoms with Gasteiger partial charge in [0.2, 0.25) is 0 Å². The zero-order valence-corrected chi connectivity index (χ0v) is 13.8. The molecule has 1 aliphatic heterocycles. The zero-order valence-electron chi connectivity index (χ0n) is 13.8. The van der Waals surface area contributed by atoms with E-state index in [1.54, 1.807) is 7.11 Å². The molecule has 1 aromatic heterocycles. The fourth-order valence-electron chi connectivity index (χ4n) is 3.34. The second-order valence-electron chi connectivity index (χ2n) is 6.16. The first-order valence-electron chi connectivity index (χ1n) is 8.10. The number of amides is 1. The Morgan fingerprint density at radius 3 is 2.75 bits per heavy atom. The van der Waals surface area contributed by atoms with Crippen molar-refractivity contribution in [3.05, 3.63) is 64.9 Å². The van der Waals surface area contributed by atoms with E-state index in [0.29, 0.717) is 17.9 Å². The monoisotopic (exact) mass is 321 g/mol. The molecule has 4 heteroatoms. The van der Waals surface area contributed by atoms with Crippen LogP contribution in [0.2, 0.25) is 0 Å². The number of carbonyl (C=O) groups is 1. The SMILES string of the molecule is COc1ccc2oc(C(=O)N3CCc4ccccc4C3)c(C)c2c1. The Morgan fingerprint density at radius 1 is 1.17 bits per heavy atom. The fraction of sp³-hybridized carbons (Fsp3) is 0.250. The van der Waals surface area contributed by atoms with Crippen LogP contribution >= 0.6 is 0 Å². The molecule has 0 spiro atoms. The molecule has 2 heterocycles. The summed E-state index contributed by atoms with van der Waals surface area (Å²) in [4.78, 5) is 14.8. The first-order valence-corrected chi connectivity index (χ1v) is 8.10. The van der Waals surface area contributed by atoms with Crippen molar-refractivity contribution in [1.29, 1.82) is 0 Å². The van der Waals surface area contributed by atoms with Crippen LogP contribution in [0.5, 0.6) is 5.75 Å². The van der Waals surface area contributed by atoms with Crippen molar-refractivity contribution in [2.75, 3.05) is 13.7 Å². The van der Waals surface area contributed by atoms with Gasteiger partial charge in [-0.2, -0.15) is 0 Å². The van der Waals surface area contributed by atoms with Gasteiger partial charge in [-0.25, -0.2) is 0 Å². The molecular formula is C20H19NO3. The molecule has 0 fully saturated rings. The van der Waals surface area contributed by atoms with Gasteiger partial charge in [0.1, 0.15) is 11.3 Å². The highest BCUT2D eigenvalue weighted by atomic mass is 16.5. The van der Waals surface area contributed by atoms with Gasteiger partial charge in [-0.05, 0) is 42.7 Å². The number of carbonyl (C=O) groups excluding carboxylic acids is 1. The first kappa shape index (κ1) is 14.8. The van der Waals surface area contributed by atoms with Crippen LogP contribution in [0.25, 0.3) is 11.0 Å². The van der Waals surface area contributed by atoms with E-state index in [1.807, 2.05) is 42.2 Å². The standard InChI is InChI=1S/C20H19NO3/c1-13-17-11-16(23-2)7-8-18(17)24-19(13)20(22)21-10-9-14-5-3-4-6-15(14)12-21/h3-8,11H,9-10,12H2,1-2H3. The average molecular weight is 321 g/mol. The van der Waals surface area contributed by atoms with Crippen molar-refractivity contribution < 1.29 is 13.9 Å². The summed E-state index contributed by atoms with van der Waals surface area (Å²) in [6.07, 6.45) is 0.884. The topological polar surface area (TPSA) is 42.7 Å². The maximum Gasteiger partial charge on any atom is 0.290 e. The van der Waals surface area contributed by atoms with Gasteiger partial charge in [0.25, 0.3) is 5.91 Å².